The van der Waals surface area contributed by atoms with Crippen LogP contribution in [0.5, 0.6) is 0 Å². The maximum absolute atomic E-state index is 12.1. The first-order valence-electron chi connectivity index (χ1n) is 13.6. The van der Waals surface area contributed by atoms with Crippen molar-refractivity contribution in [3.63, 3.8) is 0 Å². The second kappa shape index (κ2) is 11.3. The first-order chi connectivity index (χ1) is 19.8. The number of hydrogen-bond donors (Lipinski definition) is 4. The van der Waals surface area contributed by atoms with E-state index in [0.717, 1.165) is 48.6 Å². The number of imide groups is 1. The molecule has 10 nitrogen and oxygen atoms in total. The van der Waals surface area contributed by atoms with Gasteiger partial charge in [0.05, 0.1) is 21.9 Å². The third kappa shape index (κ3) is 5.86. The Hall–Kier alpha value is -3.73. The van der Waals surface area contributed by atoms with Crippen LogP contribution in [0, 0.1) is 0 Å². The molecule has 4 aromatic rings. The molecule has 41 heavy (non-hydrogen) atoms. The number of carbonyl (C=O) groups excluding carboxylic acids is 2. The van der Waals surface area contributed by atoms with E-state index in [9.17, 15) is 9.59 Å². The summed E-state index contributed by atoms with van der Waals surface area (Å²) >= 11 is 12.6. The van der Waals surface area contributed by atoms with Gasteiger partial charge in [0.25, 0.3) is 0 Å². The minimum Gasteiger partial charge on any atom is -0.374 e. The second-order valence-corrected chi connectivity index (χ2v) is 11.6. The number of fused-ring (bicyclic) bond motifs is 1. The Kier molecular flexibility index (Phi) is 7.54. The van der Waals surface area contributed by atoms with Gasteiger partial charge < -0.3 is 15.5 Å². The molecule has 2 saturated heterocycles. The van der Waals surface area contributed by atoms with Gasteiger partial charge in [-0.1, -0.05) is 47.5 Å². The Morgan fingerprint density at radius 3 is 2.73 bits per heavy atom. The van der Waals surface area contributed by atoms with Gasteiger partial charge in [-0.2, -0.15) is 5.10 Å². The fourth-order valence-electron chi connectivity index (χ4n) is 5.35. The van der Waals surface area contributed by atoms with E-state index in [1.54, 1.807) is 12.3 Å². The zero-order valence-corrected chi connectivity index (χ0v) is 24.0. The normalized spacial score (nSPS) is 18.9. The molecule has 0 aliphatic carbocycles. The number of nitrogens with zero attached hydrogens (tertiary/aromatic N) is 4. The number of anilines is 2. The molecular formula is C29H30Cl2N8O2. The van der Waals surface area contributed by atoms with Crippen LogP contribution >= 0.6 is 23.2 Å². The first-order valence-corrected chi connectivity index (χ1v) is 14.4. The summed E-state index contributed by atoms with van der Waals surface area (Å²) in [5, 5.41) is 17.7. The Morgan fingerprint density at radius 2 is 1.93 bits per heavy atom. The summed E-state index contributed by atoms with van der Waals surface area (Å²) < 4.78 is 0. The summed E-state index contributed by atoms with van der Waals surface area (Å²) in [5.41, 5.74) is 4.56. The summed E-state index contributed by atoms with van der Waals surface area (Å²) in [6, 6.07) is 13.1. The Balaban J connectivity index is 1.06. The third-order valence-corrected chi connectivity index (χ3v) is 8.71. The molecule has 1 unspecified atom stereocenters. The quantitative estimate of drug-likeness (QED) is 0.227. The number of carbonyl (C=O) groups is 2. The van der Waals surface area contributed by atoms with E-state index in [2.05, 4.69) is 55.1 Å². The number of aromatic amines is 1. The van der Waals surface area contributed by atoms with Gasteiger partial charge in [0.2, 0.25) is 17.5 Å². The number of piperidine rings is 2. The van der Waals surface area contributed by atoms with Crippen LogP contribution in [0.1, 0.15) is 38.2 Å². The van der Waals surface area contributed by atoms with Crippen molar-refractivity contribution in [1.29, 1.82) is 0 Å². The highest BCUT2D eigenvalue weighted by atomic mass is 35.5. The van der Waals surface area contributed by atoms with Gasteiger partial charge >= 0.3 is 0 Å². The highest BCUT2D eigenvalue weighted by molar-refractivity contribution is 6.43. The van der Waals surface area contributed by atoms with E-state index >= 15 is 0 Å². The highest BCUT2D eigenvalue weighted by Gasteiger charge is 2.31. The molecule has 4 N–H and O–H groups in total. The van der Waals surface area contributed by atoms with E-state index in [1.165, 1.54) is 0 Å². The summed E-state index contributed by atoms with van der Waals surface area (Å²) in [5.74, 6) is 0.306. The fraction of sp³-hybridized carbons (Fsp3) is 0.345. The number of H-pyrrole nitrogens is 1. The molecule has 0 saturated carbocycles. The molecule has 6 rings (SSSR count). The van der Waals surface area contributed by atoms with E-state index in [1.807, 2.05) is 24.3 Å². The van der Waals surface area contributed by atoms with Crippen molar-refractivity contribution in [2.24, 2.45) is 0 Å². The molecule has 4 heterocycles. The largest absolute Gasteiger partial charge is 0.374 e. The van der Waals surface area contributed by atoms with Crippen LogP contribution in [0.15, 0.2) is 48.7 Å². The lowest BCUT2D eigenvalue weighted by Gasteiger charge is -2.40. The lowest BCUT2D eigenvalue weighted by atomic mass is 9.89. The van der Waals surface area contributed by atoms with Crippen LogP contribution in [-0.4, -0.2) is 56.6 Å². The highest BCUT2D eigenvalue weighted by Crippen LogP contribution is 2.35. The fourth-order valence-corrected chi connectivity index (χ4v) is 5.74. The van der Waals surface area contributed by atoms with E-state index in [4.69, 9.17) is 28.2 Å². The number of amides is 2. The van der Waals surface area contributed by atoms with E-state index in [-0.39, 0.29) is 17.4 Å². The monoisotopic (exact) mass is 592 g/mol. The molecular weight excluding hydrogens is 563 g/mol. The van der Waals surface area contributed by atoms with Crippen molar-refractivity contribution in [3.05, 3.63) is 64.3 Å². The lowest BCUT2D eigenvalue weighted by Crippen LogP contribution is -2.51. The van der Waals surface area contributed by atoms with Crippen LogP contribution in [-0.2, 0) is 16.1 Å². The van der Waals surface area contributed by atoms with Crippen molar-refractivity contribution in [2.45, 2.75) is 50.7 Å². The van der Waals surface area contributed by atoms with Crippen LogP contribution < -0.4 is 20.9 Å². The maximum Gasteiger partial charge on any atom is 0.249 e. The molecule has 2 aromatic carbocycles. The molecule has 0 spiro atoms. The van der Waals surface area contributed by atoms with E-state index in [0.29, 0.717) is 46.3 Å². The van der Waals surface area contributed by atoms with Gasteiger partial charge in [0.15, 0.2) is 0 Å². The predicted octanol–water partition coefficient (Wildman–Crippen LogP) is 4.69. The minimum atomic E-state index is -0.400. The zero-order chi connectivity index (χ0) is 28.6. The van der Waals surface area contributed by atoms with Crippen LogP contribution in [0.2, 0.25) is 10.0 Å². The Labute approximate surface area is 247 Å². The first kappa shape index (κ1) is 27.4. The molecule has 1 atom stereocenters. The molecule has 2 aliphatic heterocycles. The summed E-state index contributed by atoms with van der Waals surface area (Å²) in [6.45, 7) is 4.62. The number of benzene rings is 2. The zero-order valence-electron chi connectivity index (χ0n) is 22.5. The molecule has 0 bridgehead atoms. The minimum absolute atomic E-state index is 0.0378. The van der Waals surface area contributed by atoms with Gasteiger partial charge in [-0.25, -0.2) is 9.97 Å². The molecule has 2 amide bonds. The van der Waals surface area contributed by atoms with Crippen LogP contribution in [0.4, 0.5) is 11.5 Å². The molecule has 212 valence electrons. The van der Waals surface area contributed by atoms with Crippen LogP contribution in [0.3, 0.4) is 0 Å². The Bertz CT molecular complexity index is 1620. The summed E-state index contributed by atoms with van der Waals surface area (Å²) in [7, 11) is 0. The molecule has 2 aromatic heterocycles. The number of hydrogen-bond acceptors (Lipinski definition) is 8. The van der Waals surface area contributed by atoms with Crippen molar-refractivity contribution in [1.82, 2.24) is 30.8 Å². The van der Waals surface area contributed by atoms with E-state index < -0.39 is 6.04 Å². The van der Waals surface area contributed by atoms with Crippen molar-refractivity contribution in [2.75, 3.05) is 23.3 Å². The molecule has 12 heteroatoms. The standard InChI is InChI=1S/C29H30Cl2N8O2/c1-29(33-15-17-4-2-5-18(14-17)34-21-8-9-23(40)36-28(21)41)10-12-39(13-11-29)22-16-32-26-25(37-38-27(26)35-22)19-6-3-7-20(30)24(19)31/h2-7,14,16,21,33-34H,8-13,15H2,1H3,(H,35,37,38)(H,36,40,41). The summed E-state index contributed by atoms with van der Waals surface area (Å²) in [4.78, 5) is 35.2. The van der Waals surface area contributed by atoms with Gasteiger partial charge in [0.1, 0.15) is 17.4 Å². The van der Waals surface area contributed by atoms with Gasteiger partial charge in [0, 0.05) is 42.8 Å². The third-order valence-electron chi connectivity index (χ3n) is 7.89. The number of aromatic nitrogens is 4. The molecule has 2 fully saturated rings. The number of rotatable bonds is 7. The average molecular weight is 594 g/mol. The Morgan fingerprint density at radius 1 is 1.12 bits per heavy atom. The topological polar surface area (TPSA) is 128 Å². The van der Waals surface area contributed by atoms with Gasteiger partial charge in [-0.3, -0.25) is 20.0 Å². The maximum atomic E-state index is 12.1. The lowest BCUT2D eigenvalue weighted by molar-refractivity contribution is -0.133. The predicted molar refractivity (Wildman–Crippen MR) is 160 cm³/mol. The summed E-state index contributed by atoms with van der Waals surface area (Å²) in [6.07, 6.45) is 4.50. The molecule has 2 aliphatic rings. The van der Waals surface area contributed by atoms with Crippen molar-refractivity contribution < 1.29 is 9.59 Å². The van der Waals surface area contributed by atoms with Crippen molar-refractivity contribution in [3.8, 4) is 11.3 Å². The number of halogens is 2. The van der Waals surface area contributed by atoms with Crippen LogP contribution in [0.25, 0.3) is 22.4 Å². The average Bonchev–Trinajstić information content (AvgIpc) is 3.39. The molecule has 0 radical (unpaired) electrons. The second-order valence-electron chi connectivity index (χ2n) is 10.9. The SMILES string of the molecule is CC1(NCc2cccc(NC3CCC(=O)NC3=O)c2)CCN(c2cnc3c(-c4cccc(Cl)c4Cl)[nH]nc3n2)CC1. The van der Waals surface area contributed by atoms with Gasteiger partial charge in [-0.05, 0) is 49.9 Å². The van der Waals surface area contributed by atoms with Crippen molar-refractivity contribution >= 4 is 57.7 Å². The number of nitrogens with one attached hydrogen (secondary N) is 4. The van der Waals surface area contributed by atoms with Gasteiger partial charge in [-0.15, -0.1) is 0 Å². The smallest absolute Gasteiger partial charge is 0.249 e.